The van der Waals surface area contributed by atoms with E-state index in [1.165, 1.54) is 17.0 Å². The van der Waals surface area contributed by atoms with E-state index in [2.05, 4.69) is 39.4 Å². The van der Waals surface area contributed by atoms with E-state index in [9.17, 15) is 4.79 Å². The van der Waals surface area contributed by atoms with Crippen LogP contribution in [0.1, 0.15) is 12.0 Å². The first-order chi connectivity index (χ1) is 13.6. The number of amides is 1. The SMILES string of the molecule is O=C(CCn1c2ccccc2c2ccccc21)N/N=C/c1c(Cl)cccc1Cl. The fraction of sp³-hybridized carbons (Fsp3) is 0.0909. The first-order valence-electron chi connectivity index (χ1n) is 8.87. The Balaban J connectivity index is 1.49. The zero-order valence-corrected chi connectivity index (χ0v) is 16.4. The van der Waals surface area contributed by atoms with E-state index in [-0.39, 0.29) is 5.91 Å². The number of para-hydroxylation sites is 2. The topological polar surface area (TPSA) is 46.4 Å². The van der Waals surface area contributed by atoms with Crippen LogP contribution in [-0.2, 0) is 11.3 Å². The van der Waals surface area contributed by atoms with E-state index in [0.717, 1.165) is 11.0 Å². The number of hydrazone groups is 1. The summed E-state index contributed by atoms with van der Waals surface area (Å²) in [5.41, 5.74) is 5.35. The zero-order chi connectivity index (χ0) is 19.5. The van der Waals surface area contributed by atoms with Gasteiger partial charge in [-0.15, -0.1) is 0 Å². The van der Waals surface area contributed by atoms with Crippen molar-refractivity contribution in [1.29, 1.82) is 0 Å². The van der Waals surface area contributed by atoms with Crippen molar-refractivity contribution in [3.05, 3.63) is 82.3 Å². The van der Waals surface area contributed by atoms with E-state index < -0.39 is 0 Å². The molecule has 1 N–H and O–H groups in total. The molecule has 4 nitrogen and oxygen atoms in total. The first kappa shape index (κ1) is 18.5. The van der Waals surface area contributed by atoms with E-state index >= 15 is 0 Å². The van der Waals surface area contributed by atoms with Gasteiger partial charge < -0.3 is 4.57 Å². The smallest absolute Gasteiger partial charge is 0.241 e. The Hall–Kier alpha value is -2.82. The van der Waals surface area contributed by atoms with Gasteiger partial charge in [-0.3, -0.25) is 4.79 Å². The van der Waals surface area contributed by atoms with Crippen LogP contribution in [0.25, 0.3) is 21.8 Å². The van der Waals surface area contributed by atoms with Crippen LogP contribution < -0.4 is 5.43 Å². The second-order valence-corrected chi connectivity index (χ2v) is 7.18. The molecule has 0 spiro atoms. The molecule has 0 aliphatic heterocycles. The van der Waals surface area contributed by atoms with E-state index in [1.54, 1.807) is 18.2 Å². The highest BCUT2D eigenvalue weighted by atomic mass is 35.5. The quantitative estimate of drug-likeness (QED) is 0.336. The summed E-state index contributed by atoms with van der Waals surface area (Å²) in [7, 11) is 0. The second-order valence-electron chi connectivity index (χ2n) is 6.36. The van der Waals surface area contributed by atoms with Crippen LogP contribution in [0, 0.1) is 0 Å². The Morgan fingerprint density at radius 2 is 1.46 bits per heavy atom. The number of benzene rings is 3. The number of rotatable bonds is 5. The number of carbonyl (C=O) groups is 1. The molecule has 1 amide bonds. The van der Waals surface area contributed by atoms with Gasteiger partial charge in [0.25, 0.3) is 0 Å². The van der Waals surface area contributed by atoms with Gasteiger partial charge in [-0.05, 0) is 24.3 Å². The third kappa shape index (κ3) is 3.61. The summed E-state index contributed by atoms with van der Waals surface area (Å²) in [6.07, 6.45) is 1.76. The number of aromatic nitrogens is 1. The molecule has 0 radical (unpaired) electrons. The summed E-state index contributed by atoms with van der Waals surface area (Å²) in [5.74, 6) is -0.179. The molecule has 0 saturated heterocycles. The van der Waals surface area contributed by atoms with E-state index in [0.29, 0.717) is 28.6 Å². The Morgan fingerprint density at radius 1 is 0.893 bits per heavy atom. The average Bonchev–Trinajstić information content (AvgIpc) is 3.02. The lowest BCUT2D eigenvalue weighted by molar-refractivity contribution is -0.121. The van der Waals surface area contributed by atoms with Gasteiger partial charge in [-0.1, -0.05) is 65.7 Å². The molecule has 4 aromatic rings. The monoisotopic (exact) mass is 409 g/mol. The van der Waals surface area contributed by atoms with Crippen molar-refractivity contribution in [1.82, 2.24) is 9.99 Å². The van der Waals surface area contributed by atoms with E-state index in [4.69, 9.17) is 23.2 Å². The highest BCUT2D eigenvalue weighted by Crippen LogP contribution is 2.28. The largest absolute Gasteiger partial charge is 0.340 e. The van der Waals surface area contributed by atoms with Crippen molar-refractivity contribution in [3.8, 4) is 0 Å². The molecular formula is C22H17Cl2N3O. The number of nitrogens with zero attached hydrogens (tertiary/aromatic N) is 2. The van der Waals surface area contributed by atoms with Crippen LogP contribution in [0.5, 0.6) is 0 Å². The van der Waals surface area contributed by atoms with Crippen LogP contribution in [0.3, 0.4) is 0 Å². The number of hydrogen-bond acceptors (Lipinski definition) is 2. The summed E-state index contributed by atoms with van der Waals surface area (Å²) in [6.45, 7) is 0.558. The van der Waals surface area contributed by atoms with Gasteiger partial charge >= 0.3 is 0 Å². The molecule has 0 unspecified atom stereocenters. The molecule has 4 rings (SSSR count). The normalized spacial score (nSPS) is 11.5. The van der Waals surface area contributed by atoms with Gasteiger partial charge in [0, 0.05) is 40.3 Å². The van der Waals surface area contributed by atoms with Crippen LogP contribution in [0.4, 0.5) is 0 Å². The molecule has 140 valence electrons. The van der Waals surface area contributed by atoms with Gasteiger partial charge in [0.2, 0.25) is 5.91 Å². The minimum Gasteiger partial charge on any atom is -0.340 e. The van der Waals surface area contributed by atoms with Crippen molar-refractivity contribution in [2.75, 3.05) is 0 Å². The minimum atomic E-state index is -0.179. The molecule has 6 heteroatoms. The Morgan fingerprint density at radius 3 is 2.07 bits per heavy atom. The van der Waals surface area contributed by atoms with E-state index in [1.807, 2.05) is 24.3 Å². The predicted octanol–water partition coefficient (Wildman–Crippen LogP) is 5.64. The maximum atomic E-state index is 12.3. The molecule has 0 aliphatic carbocycles. The Kier molecular flexibility index (Phi) is 5.33. The lowest BCUT2D eigenvalue weighted by Gasteiger charge is -2.07. The van der Waals surface area contributed by atoms with Crippen molar-refractivity contribution in [2.45, 2.75) is 13.0 Å². The van der Waals surface area contributed by atoms with Crippen LogP contribution in [0.2, 0.25) is 10.0 Å². The zero-order valence-electron chi connectivity index (χ0n) is 14.9. The lowest BCUT2D eigenvalue weighted by atomic mass is 10.2. The molecule has 0 atom stereocenters. The number of halogens is 2. The molecule has 1 aromatic heterocycles. The summed E-state index contributed by atoms with van der Waals surface area (Å²) in [4.78, 5) is 12.3. The van der Waals surface area contributed by atoms with Crippen molar-refractivity contribution < 1.29 is 4.79 Å². The summed E-state index contributed by atoms with van der Waals surface area (Å²) in [5, 5.41) is 7.32. The predicted molar refractivity (Wildman–Crippen MR) is 116 cm³/mol. The Bertz CT molecular complexity index is 1120. The Labute approximate surface area is 172 Å². The first-order valence-corrected chi connectivity index (χ1v) is 9.62. The lowest BCUT2D eigenvalue weighted by Crippen LogP contribution is -2.19. The fourth-order valence-corrected chi connectivity index (χ4v) is 3.81. The third-order valence-electron chi connectivity index (χ3n) is 4.62. The van der Waals surface area contributed by atoms with Crippen molar-refractivity contribution in [3.63, 3.8) is 0 Å². The highest BCUT2D eigenvalue weighted by Gasteiger charge is 2.10. The highest BCUT2D eigenvalue weighted by molar-refractivity contribution is 6.38. The van der Waals surface area contributed by atoms with Gasteiger partial charge in [0.1, 0.15) is 0 Å². The number of carbonyl (C=O) groups excluding carboxylic acids is 1. The maximum absolute atomic E-state index is 12.3. The summed E-state index contributed by atoms with van der Waals surface area (Å²) < 4.78 is 2.17. The molecule has 28 heavy (non-hydrogen) atoms. The number of hydrogen-bond donors (Lipinski definition) is 1. The molecule has 0 saturated carbocycles. The average molecular weight is 410 g/mol. The standard InChI is InChI=1S/C22H17Cl2N3O/c23-18-8-5-9-19(24)17(18)14-25-26-22(28)12-13-27-20-10-3-1-6-15(20)16-7-2-4-11-21(16)27/h1-11,14H,12-13H2,(H,26,28)/b25-14+. The molecule has 0 bridgehead atoms. The number of fused-ring (bicyclic) bond motifs is 3. The minimum absolute atomic E-state index is 0.179. The maximum Gasteiger partial charge on any atom is 0.241 e. The van der Waals surface area contributed by atoms with Gasteiger partial charge in [-0.25, -0.2) is 5.43 Å². The van der Waals surface area contributed by atoms with Gasteiger partial charge in [0.15, 0.2) is 0 Å². The van der Waals surface area contributed by atoms with Crippen LogP contribution in [0.15, 0.2) is 71.8 Å². The molecular weight excluding hydrogens is 393 g/mol. The second kappa shape index (κ2) is 8.05. The summed E-state index contributed by atoms with van der Waals surface area (Å²) in [6, 6.07) is 21.6. The fourth-order valence-electron chi connectivity index (χ4n) is 3.32. The molecule has 0 aliphatic rings. The summed E-state index contributed by atoms with van der Waals surface area (Å²) >= 11 is 12.2. The van der Waals surface area contributed by atoms with Gasteiger partial charge in [-0.2, -0.15) is 5.10 Å². The number of nitrogens with one attached hydrogen (secondary N) is 1. The molecule has 1 heterocycles. The molecule has 3 aromatic carbocycles. The van der Waals surface area contributed by atoms with Gasteiger partial charge in [0.05, 0.1) is 16.3 Å². The van der Waals surface area contributed by atoms with Crippen LogP contribution >= 0.6 is 23.2 Å². The van der Waals surface area contributed by atoms with Crippen LogP contribution in [-0.4, -0.2) is 16.7 Å². The van der Waals surface area contributed by atoms with Crippen molar-refractivity contribution in [2.24, 2.45) is 5.10 Å². The molecule has 0 fully saturated rings. The third-order valence-corrected chi connectivity index (χ3v) is 5.28. The number of aryl methyl sites for hydroxylation is 1. The van der Waals surface area contributed by atoms with Crippen molar-refractivity contribution >= 4 is 57.1 Å².